The summed E-state index contributed by atoms with van der Waals surface area (Å²) in [6.07, 6.45) is 2.15. The van der Waals surface area contributed by atoms with Crippen LogP contribution in [-0.4, -0.2) is 39.1 Å². The molecule has 2 N–H and O–H groups in total. The van der Waals surface area contributed by atoms with E-state index in [-0.39, 0.29) is 15.9 Å². The second-order valence-electron chi connectivity index (χ2n) is 5.92. The molecule has 0 saturated carbocycles. The highest BCUT2D eigenvalue weighted by atomic mass is 32.2. The number of nitrogens with one attached hydrogen (secondary N) is 2. The molecule has 1 aromatic carbocycles. The van der Waals surface area contributed by atoms with Gasteiger partial charge in [-0.15, -0.1) is 0 Å². The highest BCUT2D eigenvalue weighted by Crippen LogP contribution is 2.33. The van der Waals surface area contributed by atoms with Gasteiger partial charge in [-0.05, 0) is 25.0 Å². The van der Waals surface area contributed by atoms with E-state index in [0.29, 0.717) is 48.2 Å². The van der Waals surface area contributed by atoms with E-state index in [2.05, 4.69) is 15.0 Å². The van der Waals surface area contributed by atoms with Crippen molar-refractivity contribution in [2.24, 2.45) is 0 Å². The predicted octanol–water partition coefficient (Wildman–Crippen LogP) is 1.78. The Morgan fingerprint density at radius 1 is 1.15 bits per heavy atom. The number of nitrogens with zero attached hydrogens (tertiary/aromatic N) is 1. The van der Waals surface area contributed by atoms with E-state index in [1.807, 2.05) is 0 Å². The van der Waals surface area contributed by atoms with Gasteiger partial charge >= 0.3 is 0 Å². The van der Waals surface area contributed by atoms with Crippen molar-refractivity contribution < 1.29 is 22.7 Å². The molecule has 8 nitrogen and oxygen atoms in total. The largest absolute Gasteiger partial charge is 0.490 e. The molecule has 3 heterocycles. The number of rotatable bonds is 3. The topological polar surface area (TPSA) is 107 Å². The molecule has 0 spiro atoms. The third kappa shape index (κ3) is 3.34. The predicted molar refractivity (Wildman–Crippen MR) is 95.6 cm³/mol. The van der Waals surface area contributed by atoms with Gasteiger partial charge in [0.2, 0.25) is 0 Å². The quantitative estimate of drug-likeness (QED) is 0.821. The standard InChI is InChI=1S/C16H17N3O5S2/c20-15-14-11(3-1-6-17-15)18-16(25-14)19-26(21,22)10-4-5-12-13(9-10)24-8-2-7-23-12/h4-5,9H,1-3,6-8H2,(H,17,20)(H,18,19). The summed E-state index contributed by atoms with van der Waals surface area (Å²) in [4.78, 5) is 16.8. The summed E-state index contributed by atoms with van der Waals surface area (Å²) in [5.74, 6) is 0.717. The van der Waals surface area contributed by atoms with E-state index in [1.54, 1.807) is 6.07 Å². The molecule has 1 amide bonds. The van der Waals surface area contributed by atoms with Crippen molar-refractivity contribution in [3.63, 3.8) is 0 Å². The molecule has 10 heteroatoms. The van der Waals surface area contributed by atoms with Gasteiger partial charge in [0, 0.05) is 19.0 Å². The van der Waals surface area contributed by atoms with Crippen molar-refractivity contribution in [1.29, 1.82) is 0 Å². The number of hydrogen-bond acceptors (Lipinski definition) is 7. The first-order chi connectivity index (χ1) is 12.5. The fraction of sp³-hybridized carbons (Fsp3) is 0.375. The van der Waals surface area contributed by atoms with Crippen LogP contribution in [0.1, 0.15) is 28.2 Å². The number of carbonyl (C=O) groups is 1. The van der Waals surface area contributed by atoms with E-state index in [0.717, 1.165) is 24.2 Å². The second-order valence-corrected chi connectivity index (χ2v) is 8.60. The van der Waals surface area contributed by atoms with Crippen LogP contribution in [0.25, 0.3) is 0 Å². The Balaban J connectivity index is 1.61. The van der Waals surface area contributed by atoms with Gasteiger partial charge in [0.25, 0.3) is 15.9 Å². The molecule has 4 rings (SSSR count). The van der Waals surface area contributed by atoms with Crippen molar-refractivity contribution in [3.8, 4) is 11.5 Å². The molecule has 26 heavy (non-hydrogen) atoms. The van der Waals surface area contributed by atoms with Crippen molar-refractivity contribution in [1.82, 2.24) is 10.3 Å². The van der Waals surface area contributed by atoms with Crippen LogP contribution in [0, 0.1) is 0 Å². The first-order valence-electron chi connectivity index (χ1n) is 8.23. The number of amides is 1. The Labute approximate surface area is 154 Å². The number of anilines is 1. The van der Waals surface area contributed by atoms with Gasteiger partial charge in [0.1, 0.15) is 4.88 Å². The monoisotopic (exact) mass is 395 g/mol. The summed E-state index contributed by atoms with van der Waals surface area (Å²) in [6, 6.07) is 4.48. The lowest BCUT2D eigenvalue weighted by Crippen LogP contribution is -2.21. The van der Waals surface area contributed by atoms with E-state index < -0.39 is 10.0 Å². The van der Waals surface area contributed by atoms with Gasteiger partial charge in [-0.2, -0.15) is 0 Å². The molecule has 1 aromatic heterocycles. The lowest BCUT2D eigenvalue weighted by atomic mass is 10.2. The highest BCUT2D eigenvalue weighted by Gasteiger charge is 2.24. The number of carbonyl (C=O) groups excluding carboxylic acids is 1. The maximum atomic E-state index is 12.7. The third-order valence-electron chi connectivity index (χ3n) is 4.03. The van der Waals surface area contributed by atoms with Gasteiger partial charge in [-0.1, -0.05) is 11.3 Å². The van der Waals surface area contributed by atoms with Crippen molar-refractivity contribution in [2.75, 3.05) is 24.5 Å². The molecule has 0 atom stereocenters. The number of aromatic nitrogens is 1. The molecule has 2 aromatic rings. The number of thiazole rings is 1. The summed E-state index contributed by atoms with van der Waals surface area (Å²) in [5, 5.41) is 2.95. The summed E-state index contributed by atoms with van der Waals surface area (Å²) >= 11 is 1.04. The van der Waals surface area contributed by atoms with Gasteiger partial charge in [-0.3, -0.25) is 9.52 Å². The van der Waals surface area contributed by atoms with Gasteiger partial charge in [0.15, 0.2) is 16.6 Å². The van der Waals surface area contributed by atoms with Crippen LogP contribution in [-0.2, 0) is 16.4 Å². The molecular formula is C16H17N3O5S2. The zero-order valence-corrected chi connectivity index (χ0v) is 15.4. The van der Waals surface area contributed by atoms with Crippen LogP contribution in [0.2, 0.25) is 0 Å². The number of fused-ring (bicyclic) bond motifs is 2. The second kappa shape index (κ2) is 6.76. The van der Waals surface area contributed by atoms with Crippen LogP contribution in [0.4, 0.5) is 5.13 Å². The van der Waals surface area contributed by atoms with Crippen LogP contribution in [0.5, 0.6) is 11.5 Å². The molecule has 2 aliphatic heterocycles. The minimum atomic E-state index is -3.85. The number of sulfonamides is 1. The molecule has 0 unspecified atom stereocenters. The Morgan fingerprint density at radius 3 is 2.81 bits per heavy atom. The van der Waals surface area contributed by atoms with Gasteiger partial charge in [0.05, 0.1) is 23.8 Å². The van der Waals surface area contributed by atoms with Crippen LogP contribution in [0.15, 0.2) is 23.1 Å². The Kier molecular flexibility index (Phi) is 4.45. The van der Waals surface area contributed by atoms with E-state index >= 15 is 0 Å². The number of hydrogen-bond donors (Lipinski definition) is 2. The maximum Gasteiger partial charge on any atom is 0.263 e. The van der Waals surface area contributed by atoms with E-state index in [9.17, 15) is 13.2 Å². The Bertz CT molecular complexity index is 955. The number of benzene rings is 1. The number of aryl methyl sites for hydroxylation is 1. The van der Waals surface area contributed by atoms with Crippen molar-refractivity contribution in [2.45, 2.75) is 24.2 Å². The van der Waals surface area contributed by atoms with Crippen LogP contribution >= 0.6 is 11.3 Å². The van der Waals surface area contributed by atoms with Crippen LogP contribution < -0.4 is 19.5 Å². The maximum absolute atomic E-state index is 12.7. The molecule has 138 valence electrons. The van der Waals surface area contributed by atoms with Crippen LogP contribution in [0.3, 0.4) is 0 Å². The Morgan fingerprint density at radius 2 is 1.96 bits per heavy atom. The fourth-order valence-corrected chi connectivity index (χ4v) is 4.94. The molecular weight excluding hydrogens is 378 g/mol. The lowest BCUT2D eigenvalue weighted by Gasteiger charge is -2.10. The first kappa shape index (κ1) is 17.1. The first-order valence-corrected chi connectivity index (χ1v) is 10.5. The van der Waals surface area contributed by atoms with E-state index in [4.69, 9.17) is 9.47 Å². The molecule has 0 fully saturated rings. The number of ether oxygens (including phenoxy) is 2. The average Bonchev–Trinajstić information content (AvgIpc) is 2.77. The summed E-state index contributed by atoms with van der Waals surface area (Å²) < 4.78 is 38.9. The molecule has 0 bridgehead atoms. The normalized spacial score (nSPS) is 16.8. The summed E-state index contributed by atoms with van der Waals surface area (Å²) in [6.45, 7) is 1.60. The minimum Gasteiger partial charge on any atom is -0.490 e. The van der Waals surface area contributed by atoms with Gasteiger partial charge < -0.3 is 14.8 Å². The zero-order valence-electron chi connectivity index (χ0n) is 13.8. The molecule has 0 radical (unpaired) electrons. The third-order valence-corrected chi connectivity index (χ3v) is 6.51. The SMILES string of the molecule is O=C1NCCCc2nc(NS(=O)(=O)c3ccc4c(c3)OCCCO4)sc21. The summed E-state index contributed by atoms with van der Waals surface area (Å²) in [5.41, 5.74) is 0.626. The van der Waals surface area contributed by atoms with E-state index in [1.165, 1.54) is 12.1 Å². The van der Waals surface area contributed by atoms with Crippen molar-refractivity contribution >= 4 is 32.4 Å². The highest BCUT2D eigenvalue weighted by molar-refractivity contribution is 7.93. The minimum absolute atomic E-state index is 0.0524. The Hall–Kier alpha value is -2.33. The smallest absolute Gasteiger partial charge is 0.263 e. The van der Waals surface area contributed by atoms with Gasteiger partial charge in [-0.25, -0.2) is 13.4 Å². The molecule has 0 saturated heterocycles. The lowest BCUT2D eigenvalue weighted by molar-refractivity contribution is 0.0960. The molecule has 2 aliphatic rings. The average molecular weight is 395 g/mol. The summed E-state index contributed by atoms with van der Waals surface area (Å²) in [7, 11) is -3.85. The molecule has 0 aliphatic carbocycles. The zero-order chi connectivity index (χ0) is 18.1. The fourth-order valence-electron chi connectivity index (χ4n) is 2.76. The van der Waals surface area contributed by atoms with Crippen molar-refractivity contribution in [3.05, 3.63) is 28.8 Å².